The zero-order chi connectivity index (χ0) is 14.1. The van der Waals surface area contributed by atoms with Crippen molar-refractivity contribution in [3.8, 4) is 0 Å². The van der Waals surface area contributed by atoms with Gasteiger partial charge in [-0.15, -0.1) is 0 Å². The van der Waals surface area contributed by atoms with Crippen molar-refractivity contribution >= 4 is 0 Å². The SMILES string of the molecule is c1ccc(CN(Cc2ccccc2)[C@H]2CC[C@H]3O[C@H]32)cc1. The van der Waals surface area contributed by atoms with E-state index >= 15 is 0 Å². The molecule has 1 heterocycles. The Kier molecular flexibility index (Phi) is 3.50. The van der Waals surface area contributed by atoms with Gasteiger partial charge in [0.2, 0.25) is 0 Å². The van der Waals surface area contributed by atoms with Gasteiger partial charge in [-0.2, -0.15) is 0 Å². The number of ether oxygens (including phenoxy) is 1. The number of epoxide rings is 1. The Morgan fingerprint density at radius 3 is 1.81 bits per heavy atom. The van der Waals surface area contributed by atoms with Crippen molar-refractivity contribution in [1.29, 1.82) is 0 Å². The normalized spacial score (nSPS) is 26.8. The third-order valence-corrected chi connectivity index (χ3v) is 4.67. The molecule has 1 aliphatic carbocycles. The highest BCUT2D eigenvalue weighted by atomic mass is 16.6. The van der Waals surface area contributed by atoms with E-state index in [9.17, 15) is 0 Å². The van der Waals surface area contributed by atoms with E-state index in [4.69, 9.17) is 4.74 Å². The fourth-order valence-electron chi connectivity index (χ4n) is 3.54. The average Bonchev–Trinajstić information content (AvgIpc) is 3.19. The summed E-state index contributed by atoms with van der Waals surface area (Å²) in [6.07, 6.45) is 3.53. The fourth-order valence-corrected chi connectivity index (χ4v) is 3.54. The molecule has 2 fully saturated rings. The standard InChI is InChI=1S/C19H21NO/c1-3-7-15(8-4-1)13-20(14-16-9-5-2-6-10-16)17-11-12-18-19(17)21-18/h1-10,17-19H,11-14H2/t17-,18+,19-/m0/s1. The topological polar surface area (TPSA) is 15.8 Å². The number of nitrogens with zero attached hydrogens (tertiary/aromatic N) is 1. The van der Waals surface area contributed by atoms with E-state index in [0.717, 1.165) is 13.1 Å². The number of hydrogen-bond acceptors (Lipinski definition) is 2. The van der Waals surface area contributed by atoms with Crippen molar-refractivity contribution < 1.29 is 4.74 Å². The lowest BCUT2D eigenvalue weighted by atomic mass is 10.1. The maximum atomic E-state index is 5.78. The molecule has 4 rings (SSSR count). The molecular formula is C19H21NO. The van der Waals surface area contributed by atoms with Crippen LogP contribution in [0.5, 0.6) is 0 Å². The second-order valence-electron chi connectivity index (χ2n) is 6.16. The lowest BCUT2D eigenvalue weighted by Crippen LogP contribution is -2.36. The van der Waals surface area contributed by atoms with E-state index in [-0.39, 0.29) is 0 Å². The van der Waals surface area contributed by atoms with Gasteiger partial charge in [-0.3, -0.25) is 4.90 Å². The van der Waals surface area contributed by atoms with E-state index in [1.807, 2.05) is 0 Å². The lowest BCUT2D eigenvalue weighted by Gasteiger charge is -2.29. The minimum atomic E-state index is 0.484. The Balaban J connectivity index is 1.53. The maximum absolute atomic E-state index is 5.78. The van der Waals surface area contributed by atoms with Crippen LogP contribution >= 0.6 is 0 Å². The highest BCUT2D eigenvalue weighted by molar-refractivity contribution is 5.18. The molecule has 2 aromatic carbocycles. The van der Waals surface area contributed by atoms with Crippen LogP contribution in [-0.4, -0.2) is 23.1 Å². The first-order valence-electron chi connectivity index (χ1n) is 7.87. The molecule has 0 spiro atoms. The largest absolute Gasteiger partial charge is 0.368 e. The zero-order valence-corrected chi connectivity index (χ0v) is 12.2. The molecule has 2 nitrogen and oxygen atoms in total. The molecule has 1 saturated carbocycles. The van der Waals surface area contributed by atoms with Crippen LogP contribution in [0.2, 0.25) is 0 Å². The van der Waals surface area contributed by atoms with E-state index in [1.165, 1.54) is 24.0 Å². The van der Waals surface area contributed by atoms with Crippen LogP contribution in [0.3, 0.4) is 0 Å². The van der Waals surface area contributed by atoms with Crippen LogP contribution in [0.25, 0.3) is 0 Å². The van der Waals surface area contributed by atoms with E-state index in [0.29, 0.717) is 18.2 Å². The number of rotatable bonds is 5. The van der Waals surface area contributed by atoms with Crippen molar-refractivity contribution in [2.45, 2.75) is 44.2 Å². The van der Waals surface area contributed by atoms with Gasteiger partial charge in [0.05, 0.1) is 12.2 Å². The lowest BCUT2D eigenvalue weighted by molar-refractivity contribution is 0.130. The van der Waals surface area contributed by atoms with Gasteiger partial charge in [0.15, 0.2) is 0 Å². The van der Waals surface area contributed by atoms with Crippen molar-refractivity contribution in [3.63, 3.8) is 0 Å². The summed E-state index contributed by atoms with van der Waals surface area (Å²) in [6, 6.07) is 22.1. The first-order chi connectivity index (χ1) is 10.4. The van der Waals surface area contributed by atoms with Gasteiger partial charge < -0.3 is 4.74 Å². The summed E-state index contributed by atoms with van der Waals surface area (Å²) in [5.41, 5.74) is 2.77. The Bertz CT molecular complexity index is 542. The van der Waals surface area contributed by atoms with Gasteiger partial charge in [-0.25, -0.2) is 0 Å². The molecule has 2 aliphatic rings. The molecule has 0 unspecified atom stereocenters. The maximum Gasteiger partial charge on any atom is 0.0996 e. The monoisotopic (exact) mass is 279 g/mol. The number of hydrogen-bond donors (Lipinski definition) is 0. The smallest absolute Gasteiger partial charge is 0.0996 e. The van der Waals surface area contributed by atoms with Crippen LogP contribution < -0.4 is 0 Å². The summed E-state index contributed by atoms with van der Waals surface area (Å²) < 4.78 is 5.78. The predicted molar refractivity (Wildman–Crippen MR) is 83.8 cm³/mol. The van der Waals surface area contributed by atoms with E-state index in [1.54, 1.807) is 0 Å². The molecule has 3 atom stereocenters. The Hall–Kier alpha value is -1.64. The Morgan fingerprint density at radius 2 is 1.38 bits per heavy atom. The van der Waals surface area contributed by atoms with Crippen LogP contribution in [0.15, 0.2) is 60.7 Å². The number of benzene rings is 2. The highest BCUT2D eigenvalue weighted by Gasteiger charge is 2.52. The third-order valence-electron chi connectivity index (χ3n) is 4.67. The second-order valence-corrected chi connectivity index (χ2v) is 6.16. The summed E-state index contributed by atoms with van der Waals surface area (Å²) in [6.45, 7) is 2.01. The molecule has 0 radical (unpaired) electrons. The first-order valence-corrected chi connectivity index (χ1v) is 7.87. The van der Waals surface area contributed by atoms with Crippen molar-refractivity contribution in [1.82, 2.24) is 4.90 Å². The zero-order valence-electron chi connectivity index (χ0n) is 12.2. The van der Waals surface area contributed by atoms with E-state index in [2.05, 4.69) is 65.6 Å². The van der Waals surface area contributed by atoms with Gasteiger partial charge in [0.1, 0.15) is 0 Å². The van der Waals surface area contributed by atoms with Crippen LogP contribution in [-0.2, 0) is 17.8 Å². The highest BCUT2D eigenvalue weighted by Crippen LogP contribution is 2.42. The summed E-state index contributed by atoms with van der Waals surface area (Å²) in [4.78, 5) is 2.60. The summed E-state index contributed by atoms with van der Waals surface area (Å²) in [5.74, 6) is 0. The molecule has 2 heteroatoms. The van der Waals surface area contributed by atoms with Crippen molar-refractivity contribution in [3.05, 3.63) is 71.8 Å². The minimum Gasteiger partial charge on any atom is -0.368 e. The molecule has 21 heavy (non-hydrogen) atoms. The van der Waals surface area contributed by atoms with Gasteiger partial charge in [-0.1, -0.05) is 60.7 Å². The molecule has 0 bridgehead atoms. The molecule has 1 aliphatic heterocycles. The first kappa shape index (κ1) is 13.1. The molecule has 0 aromatic heterocycles. The number of fused-ring (bicyclic) bond motifs is 1. The Morgan fingerprint density at radius 1 is 0.810 bits per heavy atom. The summed E-state index contributed by atoms with van der Waals surface area (Å²) in [5, 5.41) is 0. The second kappa shape index (κ2) is 5.63. The predicted octanol–water partition coefficient (Wildman–Crippen LogP) is 3.62. The minimum absolute atomic E-state index is 0.484. The van der Waals surface area contributed by atoms with Crippen molar-refractivity contribution in [2.75, 3.05) is 0 Å². The fraction of sp³-hybridized carbons (Fsp3) is 0.368. The van der Waals surface area contributed by atoms with Crippen LogP contribution in [0, 0.1) is 0 Å². The van der Waals surface area contributed by atoms with Crippen molar-refractivity contribution in [2.24, 2.45) is 0 Å². The van der Waals surface area contributed by atoms with Gasteiger partial charge >= 0.3 is 0 Å². The average molecular weight is 279 g/mol. The Labute approximate surface area is 126 Å². The molecule has 2 aromatic rings. The summed E-state index contributed by atoms with van der Waals surface area (Å²) >= 11 is 0. The molecule has 1 saturated heterocycles. The van der Waals surface area contributed by atoms with Gasteiger partial charge in [0.25, 0.3) is 0 Å². The molecule has 108 valence electrons. The third kappa shape index (κ3) is 2.87. The van der Waals surface area contributed by atoms with Gasteiger partial charge in [0, 0.05) is 19.1 Å². The molecular weight excluding hydrogens is 258 g/mol. The quantitative estimate of drug-likeness (QED) is 0.777. The summed E-state index contributed by atoms with van der Waals surface area (Å²) in [7, 11) is 0. The van der Waals surface area contributed by atoms with Crippen LogP contribution in [0.4, 0.5) is 0 Å². The molecule has 0 amide bonds. The van der Waals surface area contributed by atoms with Crippen LogP contribution in [0.1, 0.15) is 24.0 Å². The van der Waals surface area contributed by atoms with E-state index < -0.39 is 0 Å². The molecule has 0 N–H and O–H groups in total. The van der Waals surface area contributed by atoms with Gasteiger partial charge in [-0.05, 0) is 24.0 Å².